The highest BCUT2D eigenvalue weighted by Gasteiger charge is 2.11. The fraction of sp³-hybridized carbons (Fsp3) is 0.500. The number of rotatable bonds is 5. The number of nitrogens with two attached hydrogens (primary N) is 1. The minimum absolute atomic E-state index is 0.517. The van der Waals surface area contributed by atoms with Crippen LogP contribution in [-0.2, 0) is 0 Å². The van der Waals surface area contributed by atoms with Crippen molar-refractivity contribution in [2.75, 3.05) is 18.4 Å². The second-order valence-corrected chi connectivity index (χ2v) is 6.27. The van der Waals surface area contributed by atoms with Gasteiger partial charge < -0.3 is 11.1 Å². The van der Waals surface area contributed by atoms with Gasteiger partial charge in [0.25, 0.3) is 0 Å². The van der Waals surface area contributed by atoms with Crippen molar-refractivity contribution < 1.29 is 0 Å². The Balaban J connectivity index is 2.07. The molecule has 0 bridgehead atoms. The summed E-state index contributed by atoms with van der Waals surface area (Å²) in [5.74, 6) is 1.13. The molecule has 1 aromatic heterocycles. The first-order valence-corrected chi connectivity index (χ1v) is 7.23. The third-order valence-corrected chi connectivity index (χ3v) is 4.24. The lowest BCUT2D eigenvalue weighted by Gasteiger charge is -2.19. The van der Waals surface area contributed by atoms with E-state index in [-0.39, 0.29) is 0 Å². The molecule has 2 aromatic rings. The first-order valence-electron chi connectivity index (χ1n) is 6.41. The monoisotopic (exact) mass is 263 g/mol. The van der Waals surface area contributed by atoms with Crippen molar-refractivity contribution in [1.29, 1.82) is 0 Å². The van der Waals surface area contributed by atoms with Crippen LogP contribution in [0, 0.1) is 18.8 Å². The van der Waals surface area contributed by atoms with E-state index in [0.29, 0.717) is 11.8 Å². The lowest BCUT2D eigenvalue weighted by molar-refractivity contribution is 0.413. The second-order valence-electron chi connectivity index (χ2n) is 5.04. The molecule has 3 nitrogen and oxygen atoms in total. The third-order valence-electron chi connectivity index (χ3n) is 3.31. The van der Waals surface area contributed by atoms with Gasteiger partial charge in [-0.3, -0.25) is 0 Å². The smallest absolute Gasteiger partial charge is 0.0907 e. The molecular weight excluding hydrogens is 242 g/mol. The maximum absolute atomic E-state index is 5.78. The minimum atomic E-state index is 0.517. The number of thiazole rings is 1. The largest absolute Gasteiger partial charge is 0.385 e. The molecule has 0 radical (unpaired) electrons. The van der Waals surface area contributed by atoms with Crippen molar-refractivity contribution in [2.45, 2.75) is 20.8 Å². The van der Waals surface area contributed by atoms with Crippen molar-refractivity contribution in [3.8, 4) is 0 Å². The van der Waals surface area contributed by atoms with Crippen molar-refractivity contribution in [1.82, 2.24) is 4.98 Å². The van der Waals surface area contributed by atoms with Gasteiger partial charge in [0, 0.05) is 12.2 Å². The quantitative estimate of drug-likeness (QED) is 0.870. The number of hydrogen-bond acceptors (Lipinski definition) is 4. The predicted octanol–water partition coefficient (Wildman–Crippen LogP) is 3.25. The van der Waals surface area contributed by atoms with Crippen LogP contribution >= 0.6 is 11.3 Å². The number of aromatic nitrogens is 1. The molecule has 2 rings (SSSR count). The molecule has 0 aliphatic heterocycles. The first-order chi connectivity index (χ1) is 8.60. The van der Waals surface area contributed by atoms with E-state index >= 15 is 0 Å². The van der Waals surface area contributed by atoms with E-state index in [1.165, 1.54) is 4.70 Å². The molecule has 1 aromatic carbocycles. The first kappa shape index (κ1) is 13.3. The topological polar surface area (TPSA) is 50.9 Å². The third kappa shape index (κ3) is 3.00. The number of fused-ring (bicyclic) bond motifs is 1. The summed E-state index contributed by atoms with van der Waals surface area (Å²) in [5, 5.41) is 4.59. The van der Waals surface area contributed by atoms with Crippen LogP contribution in [0.3, 0.4) is 0 Å². The van der Waals surface area contributed by atoms with Crippen molar-refractivity contribution >= 4 is 27.2 Å². The van der Waals surface area contributed by atoms with Crippen LogP contribution in [0.25, 0.3) is 10.2 Å². The number of benzene rings is 1. The van der Waals surface area contributed by atoms with Crippen LogP contribution in [0.2, 0.25) is 0 Å². The van der Waals surface area contributed by atoms with Gasteiger partial charge in [-0.15, -0.1) is 11.3 Å². The van der Waals surface area contributed by atoms with Gasteiger partial charge in [-0.2, -0.15) is 0 Å². The van der Waals surface area contributed by atoms with E-state index in [0.717, 1.165) is 29.3 Å². The van der Waals surface area contributed by atoms with Gasteiger partial charge in [-0.05, 0) is 43.5 Å². The highest BCUT2D eigenvalue weighted by atomic mass is 32.1. The molecule has 98 valence electrons. The van der Waals surface area contributed by atoms with Gasteiger partial charge in [0.05, 0.1) is 15.2 Å². The molecule has 0 aliphatic carbocycles. The lowest BCUT2D eigenvalue weighted by atomic mass is 9.96. The highest BCUT2D eigenvalue weighted by Crippen LogP contribution is 2.25. The van der Waals surface area contributed by atoms with Crippen LogP contribution in [0.1, 0.15) is 18.9 Å². The van der Waals surface area contributed by atoms with Gasteiger partial charge in [0.2, 0.25) is 0 Å². The zero-order chi connectivity index (χ0) is 13.1. The van der Waals surface area contributed by atoms with Gasteiger partial charge >= 0.3 is 0 Å². The minimum Gasteiger partial charge on any atom is -0.385 e. The van der Waals surface area contributed by atoms with Crippen LogP contribution in [0.5, 0.6) is 0 Å². The molecule has 4 heteroatoms. The van der Waals surface area contributed by atoms with Gasteiger partial charge in [-0.25, -0.2) is 4.98 Å². The SMILES string of the molecule is Cc1nc2ccc(NCC(CN)C(C)C)cc2s1. The van der Waals surface area contributed by atoms with Crippen molar-refractivity contribution in [2.24, 2.45) is 17.6 Å². The Morgan fingerprint density at radius 1 is 1.39 bits per heavy atom. The van der Waals surface area contributed by atoms with Gasteiger partial charge in [0.1, 0.15) is 0 Å². The maximum Gasteiger partial charge on any atom is 0.0907 e. The molecule has 0 aliphatic rings. The Hall–Kier alpha value is -1.13. The van der Waals surface area contributed by atoms with E-state index in [1.807, 2.05) is 6.92 Å². The fourth-order valence-corrected chi connectivity index (χ4v) is 2.86. The van der Waals surface area contributed by atoms with Crippen LogP contribution < -0.4 is 11.1 Å². The average Bonchev–Trinajstić information content (AvgIpc) is 2.68. The van der Waals surface area contributed by atoms with E-state index in [4.69, 9.17) is 5.73 Å². The molecule has 1 unspecified atom stereocenters. The number of anilines is 1. The lowest BCUT2D eigenvalue weighted by Crippen LogP contribution is -2.27. The number of nitrogens with zero attached hydrogens (tertiary/aromatic N) is 1. The van der Waals surface area contributed by atoms with Gasteiger partial charge in [0.15, 0.2) is 0 Å². The van der Waals surface area contributed by atoms with Crippen molar-refractivity contribution in [3.63, 3.8) is 0 Å². The summed E-state index contributed by atoms with van der Waals surface area (Å²) >= 11 is 1.74. The average molecular weight is 263 g/mol. The molecule has 0 spiro atoms. The Bertz CT molecular complexity index is 519. The highest BCUT2D eigenvalue weighted by molar-refractivity contribution is 7.18. The van der Waals surface area contributed by atoms with Crippen LogP contribution in [0.15, 0.2) is 18.2 Å². The Kier molecular flexibility index (Phi) is 4.19. The molecule has 3 N–H and O–H groups in total. The van der Waals surface area contributed by atoms with E-state index in [2.05, 4.69) is 42.3 Å². The van der Waals surface area contributed by atoms with E-state index in [1.54, 1.807) is 11.3 Å². The molecule has 0 saturated heterocycles. The normalized spacial score (nSPS) is 13.2. The predicted molar refractivity (Wildman–Crippen MR) is 80.2 cm³/mol. The van der Waals surface area contributed by atoms with E-state index < -0.39 is 0 Å². The number of aryl methyl sites for hydroxylation is 1. The Labute approximate surface area is 112 Å². The van der Waals surface area contributed by atoms with E-state index in [9.17, 15) is 0 Å². The van der Waals surface area contributed by atoms with Crippen LogP contribution in [0.4, 0.5) is 5.69 Å². The number of nitrogens with one attached hydrogen (secondary N) is 1. The summed E-state index contributed by atoms with van der Waals surface area (Å²) in [7, 11) is 0. The van der Waals surface area contributed by atoms with Crippen molar-refractivity contribution in [3.05, 3.63) is 23.2 Å². The molecule has 1 atom stereocenters. The number of hydrogen-bond donors (Lipinski definition) is 2. The second kappa shape index (κ2) is 5.67. The molecule has 18 heavy (non-hydrogen) atoms. The summed E-state index contributed by atoms with van der Waals surface area (Å²) in [5.41, 5.74) is 8.03. The zero-order valence-electron chi connectivity index (χ0n) is 11.2. The standard InChI is InChI=1S/C14H21N3S/c1-9(2)11(7-15)8-16-12-4-5-13-14(6-12)18-10(3)17-13/h4-6,9,11,16H,7-8,15H2,1-3H3. The molecule has 0 saturated carbocycles. The molecule has 1 heterocycles. The van der Waals surface area contributed by atoms with Crippen LogP contribution in [-0.4, -0.2) is 18.1 Å². The summed E-state index contributed by atoms with van der Waals surface area (Å²) in [4.78, 5) is 4.46. The Morgan fingerprint density at radius 2 is 2.17 bits per heavy atom. The molecular formula is C14H21N3S. The summed E-state index contributed by atoms with van der Waals surface area (Å²) in [6.45, 7) is 8.13. The maximum atomic E-state index is 5.78. The fourth-order valence-electron chi connectivity index (χ4n) is 1.99. The molecule has 0 amide bonds. The summed E-state index contributed by atoms with van der Waals surface area (Å²) < 4.78 is 1.24. The molecule has 0 fully saturated rings. The van der Waals surface area contributed by atoms with Gasteiger partial charge in [-0.1, -0.05) is 13.8 Å². The summed E-state index contributed by atoms with van der Waals surface area (Å²) in [6, 6.07) is 6.34. The zero-order valence-corrected chi connectivity index (χ0v) is 12.1. The Morgan fingerprint density at radius 3 is 2.83 bits per heavy atom. The summed E-state index contributed by atoms with van der Waals surface area (Å²) in [6.07, 6.45) is 0.